The summed E-state index contributed by atoms with van der Waals surface area (Å²) in [6, 6.07) is 9.00. The molecule has 2 aromatic carbocycles. The van der Waals surface area contributed by atoms with Crippen LogP contribution in [0.5, 0.6) is 17.2 Å². The van der Waals surface area contributed by atoms with Gasteiger partial charge in [0.2, 0.25) is 5.91 Å². The van der Waals surface area contributed by atoms with Crippen LogP contribution in [0.2, 0.25) is 5.02 Å². The summed E-state index contributed by atoms with van der Waals surface area (Å²) >= 11 is 6.05. The number of para-hydroxylation sites is 2. The Morgan fingerprint density at radius 2 is 1.71 bits per heavy atom. The van der Waals surface area contributed by atoms with E-state index < -0.39 is 18.7 Å². The first kappa shape index (κ1) is 21.5. The molecular weight excluding hydrogens is 401 g/mol. The fourth-order valence-electron chi connectivity index (χ4n) is 2.23. The SMILES string of the molecule is COc1cc(OC)c(NC(=O)CNc2ccccc2OCC(F)(F)F)cc1Cl. The number of halogens is 4. The Morgan fingerprint density at radius 1 is 1.04 bits per heavy atom. The zero-order valence-electron chi connectivity index (χ0n) is 15.0. The Hall–Kier alpha value is -2.81. The van der Waals surface area contributed by atoms with Gasteiger partial charge in [0, 0.05) is 6.07 Å². The Morgan fingerprint density at radius 3 is 2.36 bits per heavy atom. The van der Waals surface area contributed by atoms with Gasteiger partial charge in [0.1, 0.15) is 17.2 Å². The maximum absolute atomic E-state index is 12.3. The van der Waals surface area contributed by atoms with E-state index in [1.807, 2.05) is 0 Å². The maximum atomic E-state index is 12.3. The Kier molecular flexibility index (Phi) is 7.22. The molecule has 1 amide bonds. The topological polar surface area (TPSA) is 68.8 Å². The van der Waals surface area contributed by atoms with Crippen molar-refractivity contribution in [2.24, 2.45) is 0 Å². The average molecular weight is 419 g/mol. The van der Waals surface area contributed by atoms with E-state index in [9.17, 15) is 18.0 Å². The van der Waals surface area contributed by atoms with Gasteiger partial charge in [0.25, 0.3) is 0 Å². The van der Waals surface area contributed by atoms with Gasteiger partial charge in [0.05, 0.1) is 37.2 Å². The number of hydrogen-bond acceptors (Lipinski definition) is 5. The Balaban J connectivity index is 2.03. The molecule has 0 aliphatic heterocycles. The highest BCUT2D eigenvalue weighted by Gasteiger charge is 2.28. The lowest BCUT2D eigenvalue weighted by molar-refractivity contribution is -0.153. The normalized spacial score (nSPS) is 10.9. The van der Waals surface area contributed by atoms with Crippen molar-refractivity contribution < 1.29 is 32.2 Å². The number of alkyl halides is 3. The van der Waals surface area contributed by atoms with Gasteiger partial charge < -0.3 is 24.8 Å². The molecule has 0 fully saturated rings. The second-order valence-electron chi connectivity index (χ2n) is 5.49. The van der Waals surface area contributed by atoms with Crippen LogP contribution in [-0.2, 0) is 4.79 Å². The summed E-state index contributed by atoms with van der Waals surface area (Å²) in [7, 11) is 2.87. The first-order valence-corrected chi connectivity index (χ1v) is 8.35. The van der Waals surface area contributed by atoms with Gasteiger partial charge in [-0.2, -0.15) is 13.2 Å². The highest BCUT2D eigenvalue weighted by Crippen LogP contribution is 2.36. The van der Waals surface area contributed by atoms with Crippen molar-refractivity contribution in [2.45, 2.75) is 6.18 Å². The number of rotatable bonds is 8. The number of anilines is 2. The van der Waals surface area contributed by atoms with Gasteiger partial charge in [-0.1, -0.05) is 23.7 Å². The molecule has 2 aromatic rings. The van der Waals surface area contributed by atoms with E-state index in [0.29, 0.717) is 17.2 Å². The minimum Gasteiger partial charge on any atom is -0.495 e. The number of hydrogen-bond donors (Lipinski definition) is 2. The molecule has 0 heterocycles. The number of carbonyl (C=O) groups excluding carboxylic acids is 1. The Labute approximate surface area is 164 Å². The number of nitrogens with one attached hydrogen (secondary N) is 2. The zero-order chi connectivity index (χ0) is 20.7. The molecule has 10 heteroatoms. The van der Waals surface area contributed by atoms with Crippen molar-refractivity contribution >= 4 is 28.9 Å². The largest absolute Gasteiger partial charge is 0.495 e. The van der Waals surface area contributed by atoms with Crippen molar-refractivity contribution in [3.05, 3.63) is 41.4 Å². The molecule has 0 saturated carbocycles. The van der Waals surface area contributed by atoms with Crippen LogP contribution in [0.3, 0.4) is 0 Å². The van der Waals surface area contributed by atoms with Crippen molar-refractivity contribution in [1.29, 1.82) is 0 Å². The van der Waals surface area contributed by atoms with Gasteiger partial charge in [-0.15, -0.1) is 0 Å². The van der Waals surface area contributed by atoms with Crippen molar-refractivity contribution in [3.8, 4) is 17.2 Å². The summed E-state index contributed by atoms with van der Waals surface area (Å²) in [5, 5.41) is 5.63. The third kappa shape index (κ3) is 6.12. The van der Waals surface area contributed by atoms with Crippen molar-refractivity contribution in [2.75, 3.05) is 38.0 Å². The average Bonchev–Trinajstić information content (AvgIpc) is 2.65. The fraction of sp³-hybridized carbons (Fsp3) is 0.278. The third-order valence-electron chi connectivity index (χ3n) is 3.47. The monoisotopic (exact) mass is 418 g/mol. The molecular formula is C18H18ClF3N2O4. The smallest absolute Gasteiger partial charge is 0.422 e. The highest BCUT2D eigenvalue weighted by molar-refractivity contribution is 6.32. The molecule has 0 atom stereocenters. The summed E-state index contributed by atoms with van der Waals surface area (Å²) in [4.78, 5) is 12.2. The Bertz CT molecular complexity index is 831. The lowest BCUT2D eigenvalue weighted by Crippen LogP contribution is -2.23. The quantitative estimate of drug-likeness (QED) is 0.667. The summed E-state index contributed by atoms with van der Waals surface area (Å²) in [6.45, 7) is -1.65. The van der Waals surface area contributed by atoms with Gasteiger partial charge in [-0.05, 0) is 18.2 Å². The van der Waals surface area contributed by atoms with Crippen molar-refractivity contribution in [3.63, 3.8) is 0 Å². The molecule has 0 aliphatic rings. The molecule has 28 heavy (non-hydrogen) atoms. The summed E-state index contributed by atoms with van der Waals surface area (Å²) in [6.07, 6.45) is -4.46. The van der Waals surface area contributed by atoms with Gasteiger partial charge >= 0.3 is 6.18 Å². The van der Waals surface area contributed by atoms with E-state index in [2.05, 4.69) is 10.6 Å². The predicted octanol–water partition coefficient (Wildman–Crippen LogP) is 4.35. The van der Waals surface area contributed by atoms with Crippen LogP contribution in [0.15, 0.2) is 36.4 Å². The summed E-state index contributed by atoms with van der Waals surface area (Å²) in [5.41, 5.74) is 0.573. The van der Waals surface area contributed by atoms with Crippen LogP contribution in [0, 0.1) is 0 Å². The number of methoxy groups -OCH3 is 2. The molecule has 0 aromatic heterocycles. The first-order chi connectivity index (χ1) is 13.2. The maximum Gasteiger partial charge on any atom is 0.422 e. The second kappa shape index (κ2) is 9.41. The van der Waals surface area contributed by atoms with E-state index >= 15 is 0 Å². The van der Waals surface area contributed by atoms with Gasteiger partial charge in [-0.3, -0.25) is 4.79 Å². The molecule has 0 saturated heterocycles. The molecule has 152 valence electrons. The van der Waals surface area contributed by atoms with E-state index in [-0.39, 0.29) is 23.0 Å². The minimum absolute atomic E-state index is 0.0160. The number of amides is 1. The fourth-order valence-corrected chi connectivity index (χ4v) is 2.47. The molecule has 0 spiro atoms. The van der Waals surface area contributed by atoms with E-state index in [4.69, 9.17) is 25.8 Å². The molecule has 6 nitrogen and oxygen atoms in total. The third-order valence-corrected chi connectivity index (χ3v) is 3.76. The molecule has 0 bridgehead atoms. The molecule has 0 radical (unpaired) electrons. The molecule has 0 unspecified atom stereocenters. The highest BCUT2D eigenvalue weighted by atomic mass is 35.5. The predicted molar refractivity (Wildman–Crippen MR) is 99.7 cm³/mol. The van der Waals surface area contributed by atoms with E-state index in [0.717, 1.165) is 0 Å². The van der Waals surface area contributed by atoms with Crippen LogP contribution in [0.1, 0.15) is 0 Å². The van der Waals surface area contributed by atoms with E-state index in [1.165, 1.54) is 44.6 Å². The van der Waals surface area contributed by atoms with Crippen LogP contribution >= 0.6 is 11.6 Å². The summed E-state index contributed by atoms with van der Waals surface area (Å²) < 4.78 is 52.1. The first-order valence-electron chi connectivity index (χ1n) is 7.97. The number of ether oxygens (including phenoxy) is 3. The molecule has 2 rings (SSSR count). The van der Waals surface area contributed by atoms with Crippen molar-refractivity contribution in [1.82, 2.24) is 0 Å². The van der Waals surface area contributed by atoms with Crippen LogP contribution in [0.4, 0.5) is 24.5 Å². The number of carbonyl (C=O) groups is 1. The van der Waals surface area contributed by atoms with Gasteiger partial charge in [0.15, 0.2) is 6.61 Å². The summed E-state index contributed by atoms with van der Waals surface area (Å²) in [5.74, 6) is 0.233. The van der Waals surface area contributed by atoms with Crippen LogP contribution in [0.25, 0.3) is 0 Å². The second-order valence-corrected chi connectivity index (χ2v) is 5.90. The zero-order valence-corrected chi connectivity index (χ0v) is 15.8. The standard InChI is InChI=1S/C18H18ClF3N2O4/c1-26-15-8-16(27-2)13(7-11(15)19)24-17(25)9-23-12-5-3-4-6-14(12)28-10-18(20,21)22/h3-8,23H,9-10H2,1-2H3,(H,24,25). The van der Waals surface area contributed by atoms with Crippen LogP contribution < -0.4 is 24.8 Å². The lowest BCUT2D eigenvalue weighted by Gasteiger charge is -2.15. The van der Waals surface area contributed by atoms with Gasteiger partial charge in [-0.25, -0.2) is 0 Å². The van der Waals surface area contributed by atoms with E-state index in [1.54, 1.807) is 6.07 Å². The lowest BCUT2D eigenvalue weighted by atomic mass is 10.2. The number of benzene rings is 2. The molecule has 2 N–H and O–H groups in total. The van der Waals surface area contributed by atoms with Crippen LogP contribution in [-0.4, -0.2) is 39.5 Å². The molecule has 0 aliphatic carbocycles. The minimum atomic E-state index is -4.46.